The fourth-order valence-electron chi connectivity index (χ4n) is 1.20. The van der Waals surface area contributed by atoms with Gasteiger partial charge >= 0.3 is 5.82 Å². The molecule has 0 spiro atoms. The second kappa shape index (κ2) is 4.59. The fourth-order valence-corrected chi connectivity index (χ4v) is 1.20. The van der Waals surface area contributed by atoms with Gasteiger partial charge < -0.3 is 15.8 Å². The SMILES string of the molecule is N#Cc1cc(CN)c(C(F)F)c([N+](=O)[O-])n1. The summed E-state index contributed by atoms with van der Waals surface area (Å²) in [4.78, 5) is 12.7. The molecule has 1 aromatic rings. The summed E-state index contributed by atoms with van der Waals surface area (Å²) in [5.74, 6) is -1.02. The number of rotatable bonds is 3. The fraction of sp³-hybridized carbons (Fsp3) is 0.250. The van der Waals surface area contributed by atoms with Crippen molar-refractivity contribution in [3.63, 3.8) is 0 Å². The van der Waals surface area contributed by atoms with E-state index >= 15 is 0 Å². The number of nitrogens with two attached hydrogens (primary N) is 1. The van der Waals surface area contributed by atoms with E-state index < -0.39 is 22.7 Å². The summed E-state index contributed by atoms with van der Waals surface area (Å²) >= 11 is 0. The van der Waals surface area contributed by atoms with Gasteiger partial charge in [-0.05, 0) is 15.5 Å². The maximum Gasteiger partial charge on any atom is 0.374 e. The Hall–Kier alpha value is -2.14. The van der Waals surface area contributed by atoms with Gasteiger partial charge in [0.15, 0.2) is 0 Å². The van der Waals surface area contributed by atoms with Gasteiger partial charge in [0, 0.05) is 12.6 Å². The number of nitrogens with zero attached hydrogens (tertiary/aromatic N) is 3. The second-order valence-electron chi connectivity index (χ2n) is 2.78. The number of nitro groups is 1. The van der Waals surface area contributed by atoms with E-state index in [9.17, 15) is 18.9 Å². The molecule has 1 heterocycles. The molecule has 1 rings (SSSR count). The minimum Gasteiger partial charge on any atom is -0.358 e. The zero-order chi connectivity index (χ0) is 12.3. The van der Waals surface area contributed by atoms with Crippen molar-refractivity contribution in [1.29, 1.82) is 5.26 Å². The van der Waals surface area contributed by atoms with Gasteiger partial charge in [-0.1, -0.05) is 0 Å². The Morgan fingerprint density at radius 1 is 1.69 bits per heavy atom. The van der Waals surface area contributed by atoms with Crippen molar-refractivity contribution in [3.05, 3.63) is 33.0 Å². The largest absolute Gasteiger partial charge is 0.374 e. The summed E-state index contributed by atoms with van der Waals surface area (Å²) in [6.45, 7) is -0.322. The zero-order valence-corrected chi connectivity index (χ0v) is 7.85. The summed E-state index contributed by atoms with van der Waals surface area (Å²) in [7, 11) is 0. The van der Waals surface area contributed by atoms with Crippen LogP contribution in [0, 0.1) is 21.4 Å². The number of nitriles is 1. The van der Waals surface area contributed by atoms with Gasteiger partial charge in [0.2, 0.25) is 0 Å². The summed E-state index contributed by atoms with van der Waals surface area (Å²) in [6, 6.07) is 2.57. The number of hydrogen-bond donors (Lipinski definition) is 1. The highest BCUT2D eigenvalue weighted by Gasteiger charge is 2.28. The minimum absolute atomic E-state index is 0.145. The lowest BCUT2D eigenvalue weighted by atomic mass is 10.1. The van der Waals surface area contributed by atoms with Crippen LogP contribution in [0.3, 0.4) is 0 Å². The average molecular weight is 228 g/mol. The van der Waals surface area contributed by atoms with E-state index in [1.54, 1.807) is 6.07 Å². The molecule has 1 aromatic heterocycles. The van der Waals surface area contributed by atoms with Crippen molar-refractivity contribution in [2.45, 2.75) is 13.0 Å². The Kier molecular flexibility index (Phi) is 3.42. The molecular weight excluding hydrogens is 222 g/mol. The number of halogens is 2. The van der Waals surface area contributed by atoms with Crippen LogP contribution in [0.4, 0.5) is 14.6 Å². The van der Waals surface area contributed by atoms with E-state index in [0.717, 1.165) is 6.07 Å². The maximum atomic E-state index is 12.6. The van der Waals surface area contributed by atoms with E-state index in [0.29, 0.717) is 0 Å². The van der Waals surface area contributed by atoms with Gasteiger partial charge in [-0.3, -0.25) is 0 Å². The predicted octanol–water partition coefficient (Wildman–Crippen LogP) is 1.26. The third kappa shape index (κ3) is 2.09. The van der Waals surface area contributed by atoms with Crippen LogP contribution >= 0.6 is 0 Å². The Morgan fingerprint density at radius 2 is 2.31 bits per heavy atom. The van der Waals surface area contributed by atoms with Crippen LogP contribution < -0.4 is 5.73 Å². The molecular formula is C8H6F2N4O2. The van der Waals surface area contributed by atoms with Crippen LogP contribution in [0.2, 0.25) is 0 Å². The number of alkyl halides is 2. The van der Waals surface area contributed by atoms with Gasteiger partial charge in [-0.2, -0.15) is 5.26 Å². The van der Waals surface area contributed by atoms with Crippen molar-refractivity contribution >= 4 is 5.82 Å². The molecule has 0 aliphatic heterocycles. The van der Waals surface area contributed by atoms with E-state index in [2.05, 4.69) is 4.98 Å². The summed E-state index contributed by atoms with van der Waals surface area (Å²) in [5.41, 5.74) is 3.91. The van der Waals surface area contributed by atoms with Crippen LogP contribution in [0.25, 0.3) is 0 Å². The van der Waals surface area contributed by atoms with Gasteiger partial charge in [-0.15, -0.1) is 0 Å². The molecule has 84 valence electrons. The molecule has 0 aliphatic rings. The molecule has 0 aromatic carbocycles. The quantitative estimate of drug-likeness (QED) is 0.619. The molecule has 0 radical (unpaired) electrons. The molecule has 0 aliphatic carbocycles. The lowest BCUT2D eigenvalue weighted by Crippen LogP contribution is -2.08. The minimum atomic E-state index is -3.06. The Morgan fingerprint density at radius 3 is 2.69 bits per heavy atom. The topological polar surface area (TPSA) is 106 Å². The number of aromatic nitrogens is 1. The highest BCUT2D eigenvalue weighted by molar-refractivity contribution is 5.44. The van der Waals surface area contributed by atoms with E-state index in [4.69, 9.17) is 11.0 Å². The van der Waals surface area contributed by atoms with Crippen molar-refractivity contribution < 1.29 is 13.7 Å². The van der Waals surface area contributed by atoms with Gasteiger partial charge in [0.25, 0.3) is 12.1 Å². The normalized spacial score (nSPS) is 10.2. The first kappa shape index (κ1) is 11.9. The van der Waals surface area contributed by atoms with Gasteiger partial charge in [0.05, 0.1) is 0 Å². The molecule has 0 saturated heterocycles. The average Bonchev–Trinajstić information content (AvgIpc) is 2.26. The second-order valence-corrected chi connectivity index (χ2v) is 2.78. The Bertz CT molecular complexity index is 470. The van der Waals surface area contributed by atoms with E-state index in [1.807, 2.05) is 0 Å². The zero-order valence-electron chi connectivity index (χ0n) is 7.85. The maximum absolute atomic E-state index is 12.6. The van der Waals surface area contributed by atoms with Crippen LogP contribution in [0.1, 0.15) is 23.2 Å². The van der Waals surface area contributed by atoms with Crippen molar-refractivity contribution in [1.82, 2.24) is 4.98 Å². The molecule has 0 bridgehead atoms. The number of hydrogen-bond acceptors (Lipinski definition) is 5. The predicted molar refractivity (Wildman–Crippen MR) is 48.5 cm³/mol. The van der Waals surface area contributed by atoms with Crippen molar-refractivity contribution in [3.8, 4) is 6.07 Å². The highest BCUT2D eigenvalue weighted by atomic mass is 19.3. The molecule has 0 atom stereocenters. The molecule has 16 heavy (non-hydrogen) atoms. The third-order valence-electron chi connectivity index (χ3n) is 1.85. The van der Waals surface area contributed by atoms with Crippen LogP contribution in [0.5, 0.6) is 0 Å². The van der Waals surface area contributed by atoms with Crippen LogP contribution in [-0.2, 0) is 6.54 Å². The smallest absolute Gasteiger partial charge is 0.358 e. The Labute approximate surface area is 88.5 Å². The molecule has 0 fully saturated rings. The first-order chi connectivity index (χ1) is 7.51. The molecule has 2 N–H and O–H groups in total. The van der Waals surface area contributed by atoms with Gasteiger partial charge in [-0.25, -0.2) is 8.78 Å². The molecule has 6 nitrogen and oxygen atoms in total. The molecule has 0 unspecified atom stereocenters. The first-order valence-corrected chi connectivity index (χ1v) is 4.07. The summed E-state index contributed by atoms with van der Waals surface area (Å²) in [6.07, 6.45) is -3.06. The Balaban J connectivity index is 3.55. The number of pyridine rings is 1. The monoisotopic (exact) mass is 228 g/mol. The molecule has 0 saturated carbocycles. The van der Waals surface area contributed by atoms with Crippen molar-refractivity contribution in [2.24, 2.45) is 5.73 Å². The van der Waals surface area contributed by atoms with E-state index in [1.165, 1.54) is 0 Å². The lowest BCUT2D eigenvalue weighted by molar-refractivity contribution is -0.391. The highest BCUT2D eigenvalue weighted by Crippen LogP contribution is 2.30. The van der Waals surface area contributed by atoms with E-state index in [-0.39, 0.29) is 17.8 Å². The molecule has 8 heteroatoms. The summed E-state index contributed by atoms with van der Waals surface area (Å²) in [5, 5.41) is 19.1. The third-order valence-corrected chi connectivity index (χ3v) is 1.85. The van der Waals surface area contributed by atoms with Crippen molar-refractivity contribution in [2.75, 3.05) is 0 Å². The summed E-state index contributed by atoms with van der Waals surface area (Å²) < 4.78 is 25.2. The van der Waals surface area contributed by atoms with Gasteiger partial charge in [0.1, 0.15) is 11.6 Å². The first-order valence-electron chi connectivity index (χ1n) is 4.07. The lowest BCUT2D eigenvalue weighted by Gasteiger charge is -2.06. The van der Waals surface area contributed by atoms with Crippen LogP contribution in [-0.4, -0.2) is 9.91 Å². The molecule has 0 amide bonds. The van der Waals surface area contributed by atoms with Crippen LogP contribution in [0.15, 0.2) is 6.07 Å². The standard InChI is InChI=1S/C8H6F2N4O2/c9-7(10)6-4(2-11)1-5(3-12)13-8(6)14(15)16/h1,7H,2,11H2.